The van der Waals surface area contributed by atoms with Gasteiger partial charge in [0.25, 0.3) is 0 Å². The van der Waals surface area contributed by atoms with Crippen LogP contribution < -0.4 is 0 Å². The zero-order valence-corrected chi connectivity index (χ0v) is 9.59. The van der Waals surface area contributed by atoms with E-state index < -0.39 is 7.12 Å². The Morgan fingerprint density at radius 2 is 2.13 bits per heavy atom. The van der Waals surface area contributed by atoms with Crippen molar-refractivity contribution in [2.45, 2.75) is 10.7 Å². The van der Waals surface area contributed by atoms with Crippen LogP contribution in [0.1, 0.15) is 0 Å². The smallest absolute Gasteiger partial charge is 0.427 e. The van der Waals surface area contributed by atoms with Gasteiger partial charge in [0.05, 0.1) is 10.2 Å². The molecule has 1 heterocycles. The number of nitrogens with zero attached hydrogens (tertiary/aromatic N) is 1. The summed E-state index contributed by atoms with van der Waals surface area (Å²) in [7, 11) is -1.22. The molecule has 0 aliphatic heterocycles. The molecule has 2 N–H and O–H groups in total. The van der Waals surface area contributed by atoms with Gasteiger partial charge < -0.3 is 10.0 Å². The van der Waals surface area contributed by atoms with Gasteiger partial charge in [-0.25, -0.2) is 4.98 Å². The van der Waals surface area contributed by atoms with Gasteiger partial charge in [-0.2, -0.15) is 0 Å². The summed E-state index contributed by atoms with van der Waals surface area (Å²) in [5.74, 6) is 0.678. The number of para-hydroxylation sites is 1. The van der Waals surface area contributed by atoms with Crippen LogP contribution in [0.5, 0.6) is 0 Å². The van der Waals surface area contributed by atoms with Crippen molar-refractivity contribution in [1.82, 2.24) is 4.98 Å². The molecule has 0 aliphatic carbocycles. The number of aromatic nitrogens is 1. The summed E-state index contributed by atoms with van der Waals surface area (Å²) in [6.45, 7) is 0. The van der Waals surface area contributed by atoms with Crippen LogP contribution in [-0.4, -0.2) is 27.9 Å². The molecule has 0 unspecified atom stereocenters. The van der Waals surface area contributed by atoms with Gasteiger partial charge >= 0.3 is 7.12 Å². The van der Waals surface area contributed by atoms with E-state index in [0.717, 1.165) is 9.86 Å². The Labute approximate surface area is 96.3 Å². The quantitative estimate of drug-likeness (QED) is 0.631. The van der Waals surface area contributed by atoms with E-state index in [-0.39, 0.29) is 0 Å². The van der Waals surface area contributed by atoms with Gasteiger partial charge in [0.2, 0.25) is 0 Å². The Morgan fingerprint density at radius 3 is 2.87 bits per heavy atom. The number of fused-ring (bicyclic) bond motifs is 1. The van der Waals surface area contributed by atoms with E-state index in [2.05, 4.69) is 4.98 Å². The summed E-state index contributed by atoms with van der Waals surface area (Å²) in [5, 5.41) is 17.4. The Kier molecular flexibility index (Phi) is 3.64. The number of thioether (sulfide) groups is 1. The lowest BCUT2D eigenvalue weighted by molar-refractivity contribution is 0.408. The van der Waals surface area contributed by atoms with Crippen molar-refractivity contribution in [3.05, 3.63) is 24.3 Å². The Hall–Kier alpha value is -0.555. The fourth-order valence-electron chi connectivity index (χ4n) is 1.16. The monoisotopic (exact) mass is 239 g/mol. The van der Waals surface area contributed by atoms with E-state index in [9.17, 15) is 0 Å². The summed E-state index contributed by atoms with van der Waals surface area (Å²) < 4.78 is 2.15. The molecule has 2 aromatic rings. The second-order valence-electron chi connectivity index (χ2n) is 3.07. The van der Waals surface area contributed by atoms with Crippen molar-refractivity contribution in [3.8, 4) is 0 Å². The minimum atomic E-state index is -1.22. The van der Waals surface area contributed by atoms with Crippen LogP contribution in [0.2, 0.25) is 6.32 Å². The van der Waals surface area contributed by atoms with Gasteiger partial charge in [-0.3, -0.25) is 0 Å². The van der Waals surface area contributed by atoms with Crippen LogP contribution in [-0.2, 0) is 0 Å². The fourth-order valence-corrected chi connectivity index (χ4v) is 3.28. The molecular weight excluding hydrogens is 229 g/mol. The topological polar surface area (TPSA) is 53.4 Å². The minimum Gasteiger partial charge on any atom is -0.427 e. The molecule has 78 valence electrons. The van der Waals surface area contributed by atoms with E-state index >= 15 is 0 Å². The van der Waals surface area contributed by atoms with Gasteiger partial charge in [-0.15, -0.1) is 11.3 Å². The maximum atomic E-state index is 8.70. The molecule has 1 aromatic carbocycles. The van der Waals surface area contributed by atoms with Crippen LogP contribution >= 0.6 is 23.1 Å². The van der Waals surface area contributed by atoms with Gasteiger partial charge in [0.15, 0.2) is 4.34 Å². The molecule has 0 atom stereocenters. The molecule has 0 saturated heterocycles. The van der Waals surface area contributed by atoms with E-state index in [0.29, 0.717) is 12.1 Å². The Morgan fingerprint density at radius 1 is 1.33 bits per heavy atom. The predicted molar refractivity (Wildman–Crippen MR) is 65.3 cm³/mol. The summed E-state index contributed by atoms with van der Waals surface area (Å²) in [6, 6.07) is 7.98. The first-order valence-electron chi connectivity index (χ1n) is 4.60. The van der Waals surface area contributed by atoms with Crippen LogP contribution in [0.15, 0.2) is 28.6 Å². The lowest BCUT2D eigenvalue weighted by Crippen LogP contribution is -2.10. The van der Waals surface area contributed by atoms with Crippen molar-refractivity contribution in [1.29, 1.82) is 0 Å². The Balaban J connectivity index is 2.03. The molecule has 6 heteroatoms. The molecule has 0 spiro atoms. The highest BCUT2D eigenvalue weighted by Crippen LogP contribution is 2.29. The van der Waals surface area contributed by atoms with Crippen LogP contribution in [0.3, 0.4) is 0 Å². The van der Waals surface area contributed by atoms with E-state index in [1.807, 2.05) is 24.3 Å². The zero-order chi connectivity index (χ0) is 10.7. The predicted octanol–water partition coefficient (Wildman–Crippen LogP) is 1.86. The number of rotatable bonds is 4. The van der Waals surface area contributed by atoms with Gasteiger partial charge in [0.1, 0.15) is 0 Å². The normalized spacial score (nSPS) is 10.8. The summed E-state index contributed by atoms with van der Waals surface area (Å²) in [5.41, 5.74) is 1.01. The molecule has 0 radical (unpaired) electrons. The molecule has 0 saturated carbocycles. The summed E-state index contributed by atoms with van der Waals surface area (Å²) >= 11 is 3.20. The Bertz CT molecular complexity index is 413. The number of hydrogen-bond acceptors (Lipinski definition) is 5. The summed E-state index contributed by atoms with van der Waals surface area (Å²) in [6.07, 6.45) is 0.376. The average molecular weight is 239 g/mol. The molecule has 0 amide bonds. The highest BCUT2D eigenvalue weighted by atomic mass is 32.2. The second kappa shape index (κ2) is 4.98. The largest absolute Gasteiger partial charge is 0.452 e. The lowest BCUT2D eigenvalue weighted by atomic mass is 9.88. The minimum absolute atomic E-state index is 0.376. The number of benzene rings is 1. The summed E-state index contributed by atoms with van der Waals surface area (Å²) in [4.78, 5) is 4.43. The zero-order valence-electron chi connectivity index (χ0n) is 7.96. The lowest BCUT2D eigenvalue weighted by Gasteiger charge is -1.95. The maximum absolute atomic E-state index is 8.70. The van der Waals surface area contributed by atoms with Gasteiger partial charge in [-0.05, 0) is 24.2 Å². The third-order valence-corrected chi connectivity index (χ3v) is 4.09. The number of hydrogen-bond donors (Lipinski definition) is 2. The third-order valence-electron chi connectivity index (χ3n) is 1.88. The molecular formula is C9H10BNO2S2. The van der Waals surface area contributed by atoms with Gasteiger partial charge in [0, 0.05) is 0 Å². The van der Waals surface area contributed by atoms with Crippen LogP contribution in [0.4, 0.5) is 0 Å². The van der Waals surface area contributed by atoms with Crippen LogP contribution in [0.25, 0.3) is 10.2 Å². The first kappa shape index (κ1) is 10.9. The van der Waals surface area contributed by atoms with Crippen molar-refractivity contribution in [2.24, 2.45) is 0 Å². The van der Waals surface area contributed by atoms with Gasteiger partial charge in [-0.1, -0.05) is 23.9 Å². The van der Waals surface area contributed by atoms with Crippen molar-refractivity contribution in [2.75, 3.05) is 5.75 Å². The van der Waals surface area contributed by atoms with E-state index in [1.165, 1.54) is 4.70 Å². The molecule has 0 bridgehead atoms. The van der Waals surface area contributed by atoms with E-state index in [1.54, 1.807) is 23.1 Å². The van der Waals surface area contributed by atoms with Crippen molar-refractivity contribution >= 4 is 40.4 Å². The maximum Gasteiger partial charge on any atom is 0.452 e. The van der Waals surface area contributed by atoms with E-state index in [4.69, 9.17) is 10.0 Å². The van der Waals surface area contributed by atoms with Crippen LogP contribution in [0, 0.1) is 0 Å². The second-order valence-corrected chi connectivity index (χ2v) is 5.44. The molecule has 15 heavy (non-hydrogen) atoms. The highest BCUT2D eigenvalue weighted by molar-refractivity contribution is 8.01. The highest BCUT2D eigenvalue weighted by Gasteiger charge is 2.08. The fraction of sp³-hybridized carbons (Fsp3) is 0.222. The van der Waals surface area contributed by atoms with Crippen molar-refractivity contribution < 1.29 is 10.0 Å². The van der Waals surface area contributed by atoms with Crippen molar-refractivity contribution in [3.63, 3.8) is 0 Å². The molecule has 0 aliphatic rings. The third kappa shape index (κ3) is 2.95. The first-order valence-corrected chi connectivity index (χ1v) is 6.40. The average Bonchev–Trinajstić information content (AvgIpc) is 2.59. The SMILES string of the molecule is OB(O)CCSc1nc2ccccc2s1. The molecule has 0 fully saturated rings. The molecule has 3 nitrogen and oxygen atoms in total. The first-order chi connectivity index (χ1) is 7.25. The molecule has 2 rings (SSSR count). The number of thiazole rings is 1. The molecule has 1 aromatic heterocycles. The standard InChI is InChI=1S/C9H10BNO2S2/c12-10(13)5-6-14-9-11-7-3-1-2-4-8(7)15-9/h1-4,12-13H,5-6H2.